The molecule has 0 spiro atoms. The number of rotatable bonds is 4. The van der Waals surface area contributed by atoms with Gasteiger partial charge in [0, 0.05) is 35.4 Å². The van der Waals surface area contributed by atoms with E-state index in [1.807, 2.05) is 31.2 Å². The van der Waals surface area contributed by atoms with Crippen molar-refractivity contribution in [2.75, 3.05) is 23.7 Å². The minimum atomic E-state index is -0.272. The van der Waals surface area contributed by atoms with Crippen LogP contribution in [0.15, 0.2) is 48.5 Å². The van der Waals surface area contributed by atoms with Crippen molar-refractivity contribution >= 4 is 46.3 Å². The molecule has 31 heavy (non-hydrogen) atoms. The molecular formula is C22H22ClN5O2S. The van der Waals surface area contributed by atoms with Gasteiger partial charge < -0.3 is 15.5 Å². The highest BCUT2D eigenvalue weighted by atomic mass is 35.5. The van der Waals surface area contributed by atoms with Crippen molar-refractivity contribution in [1.29, 1.82) is 0 Å². The molecule has 1 atom stereocenters. The zero-order valence-corrected chi connectivity index (χ0v) is 18.5. The number of anilines is 2. The summed E-state index contributed by atoms with van der Waals surface area (Å²) in [5.41, 5.74) is 2.43. The van der Waals surface area contributed by atoms with E-state index in [0.717, 1.165) is 29.1 Å². The number of benzene rings is 2. The molecule has 2 heterocycles. The lowest BCUT2D eigenvalue weighted by atomic mass is 9.99. The number of para-hydroxylation sites is 1. The predicted molar refractivity (Wildman–Crippen MR) is 123 cm³/mol. The fourth-order valence-electron chi connectivity index (χ4n) is 3.48. The van der Waals surface area contributed by atoms with Gasteiger partial charge in [0.05, 0.1) is 0 Å². The van der Waals surface area contributed by atoms with Crippen LogP contribution in [0.4, 0.5) is 16.2 Å². The van der Waals surface area contributed by atoms with Crippen molar-refractivity contribution in [1.82, 2.24) is 15.1 Å². The lowest BCUT2D eigenvalue weighted by Crippen LogP contribution is -2.41. The number of nitrogens with one attached hydrogen (secondary N) is 2. The van der Waals surface area contributed by atoms with Crippen LogP contribution in [0.5, 0.6) is 0 Å². The third-order valence-electron chi connectivity index (χ3n) is 5.18. The van der Waals surface area contributed by atoms with Crippen molar-refractivity contribution in [3.8, 4) is 0 Å². The summed E-state index contributed by atoms with van der Waals surface area (Å²) in [6.45, 7) is 3.15. The molecule has 1 fully saturated rings. The van der Waals surface area contributed by atoms with Crippen molar-refractivity contribution in [2.24, 2.45) is 0 Å². The third kappa shape index (κ3) is 5.21. The van der Waals surface area contributed by atoms with Gasteiger partial charge in [-0.05, 0) is 55.7 Å². The summed E-state index contributed by atoms with van der Waals surface area (Å²) < 4.78 is 0. The van der Waals surface area contributed by atoms with Gasteiger partial charge >= 0.3 is 6.03 Å². The molecule has 3 amide bonds. The summed E-state index contributed by atoms with van der Waals surface area (Å²) >= 11 is 7.18. The number of likely N-dealkylation sites (tertiary alicyclic amines) is 1. The maximum Gasteiger partial charge on any atom is 0.321 e. The van der Waals surface area contributed by atoms with Gasteiger partial charge in [0.15, 0.2) is 0 Å². The van der Waals surface area contributed by atoms with Crippen LogP contribution < -0.4 is 10.6 Å². The molecule has 7 nitrogen and oxygen atoms in total. The maximum absolute atomic E-state index is 12.7. The Balaban J connectivity index is 1.39. The minimum absolute atomic E-state index is 0.0576. The Kier molecular flexibility index (Phi) is 6.48. The molecule has 0 saturated carbocycles. The number of piperidine rings is 1. The first-order valence-corrected chi connectivity index (χ1v) is 11.2. The summed E-state index contributed by atoms with van der Waals surface area (Å²) in [4.78, 5) is 27.0. The smallest absolute Gasteiger partial charge is 0.321 e. The van der Waals surface area contributed by atoms with Crippen LogP contribution in [0.3, 0.4) is 0 Å². The zero-order chi connectivity index (χ0) is 21.8. The number of amides is 3. The molecule has 1 aromatic heterocycles. The highest BCUT2D eigenvalue weighted by Gasteiger charge is 2.28. The first-order chi connectivity index (χ1) is 15.0. The van der Waals surface area contributed by atoms with Crippen LogP contribution in [0, 0.1) is 6.92 Å². The molecule has 1 saturated heterocycles. The number of carbonyl (C=O) groups is 2. The van der Waals surface area contributed by atoms with E-state index in [0.29, 0.717) is 28.8 Å². The molecule has 9 heteroatoms. The predicted octanol–water partition coefficient (Wildman–Crippen LogP) is 5.16. The molecule has 3 aromatic rings. The van der Waals surface area contributed by atoms with Gasteiger partial charge in [-0.2, -0.15) is 0 Å². The average molecular weight is 456 g/mol. The highest BCUT2D eigenvalue weighted by molar-refractivity contribution is 7.13. The van der Waals surface area contributed by atoms with E-state index < -0.39 is 0 Å². The highest BCUT2D eigenvalue weighted by Crippen LogP contribution is 2.30. The van der Waals surface area contributed by atoms with Gasteiger partial charge in [-0.3, -0.25) is 4.79 Å². The Morgan fingerprint density at radius 2 is 1.87 bits per heavy atom. The number of urea groups is 1. The Morgan fingerprint density at radius 1 is 1.10 bits per heavy atom. The van der Waals surface area contributed by atoms with Crippen molar-refractivity contribution < 1.29 is 9.59 Å². The second kappa shape index (κ2) is 9.45. The van der Waals surface area contributed by atoms with Gasteiger partial charge in [-0.25, -0.2) is 4.79 Å². The SMILES string of the molecule is Cc1ccccc1NC(=O)c1nnc([C@@H]2CCCN(C(=O)Nc3ccc(Cl)cc3)C2)s1. The minimum Gasteiger partial charge on any atom is -0.324 e. The Hall–Kier alpha value is -2.97. The number of aryl methyl sites for hydroxylation is 1. The van der Waals surface area contributed by atoms with Crippen LogP contribution >= 0.6 is 22.9 Å². The standard InChI is InChI=1S/C22H22ClN5O2S/c1-14-5-2-3-7-18(14)25-19(29)21-27-26-20(31-21)15-6-4-12-28(13-15)22(30)24-17-10-8-16(23)9-11-17/h2-3,5,7-11,15H,4,6,12-13H2,1H3,(H,24,30)(H,25,29)/t15-/m1/s1. The summed E-state index contributed by atoms with van der Waals surface area (Å²) in [5, 5.41) is 15.8. The quantitative estimate of drug-likeness (QED) is 0.568. The van der Waals surface area contributed by atoms with E-state index in [1.54, 1.807) is 29.2 Å². The molecule has 0 radical (unpaired) electrons. The number of aromatic nitrogens is 2. The van der Waals surface area contributed by atoms with Gasteiger partial charge in [0.1, 0.15) is 5.01 Å². The van der Waals surface area contributed by atoms with Gasteiger partial charge in [-0.1, -0.05) is 41.1 Å². The monoisotopic (exact) mass is 455 g/mol. The van der Waals surface area contributed by atoms with Crippen LogP contribution in [0.2, 0.25) is 5.02 Å². The number of carbonyl (C=O) groups excluding carboxylic acids is 2. The summed E-state index contributed by atoms with van der Waals surface area (Å²) in [6.07, 6.45) is 1.77. The van der Waals surface area contributed by atoms with Crippen LogP contribution in [-0.4, -0.2) is 40.1 Å². The van der Waals surface area contributed by atoms with Crippen molar-refractivity contribution in [2.45, 2.75) is 25.7 Å². The molecule has 0 aliphatic carbocycles. The van der Waals surface area contributed by atoms with Crippen LogP contribution in [0.25, 0.3) is 0 Å². The number of hydrogen-bond donors (Lipinski definition) is 2. The molecule has 4 rings (SSSR count). The number of halogens is 1. The Bertz CT molecular complexity index is 1090. The molecular weight excluding hydrogens is 434 g/mol. The van der Waals surface area contributed by atoms with Crippen LogP contribution in [-0.2, 0) is 0 Å². The molecule has 0 unspecified atom stereocenters. The van der Waals surface area contributed by atoms with E-state index >= 15 is 0 Å². The topological polar surface area (TPSA) is 87.2 Å². The lowest BCUT2D eigenvalue weighted by molar-refractivity contribution is 0.102. The Labute approximate surface area is 189 Å². The lowest BCUT2D eigenvalue weighted by Gasteiger charge is -2.31. The zero-order valence-electron chi connectivity index (χ0n) is 17.0. The fourth-order valence-corrected chi connectivity index (χ4v) is 4.47. The summed E-state index contributed by atoms with van der Waals surface area (Å²) in [7, 11) is 0. The largest absolute Gasteiger partial charge is 0.324 e. The molecule has 1 aliphatic heterocycles. The average Bonchev–Trinajstić information content (AvgIpc) is 3.28. The van der Waals surface area contributed by atoms with Crippen LogP contribution in [0.1, 0.15) is 39.1 Å². The van der Waals surface area contributed by atoms with Crippen molar-refractivity contribution in [3.63, 3.8) is 0 Å². The normalized spacial score (nSPS) is 16.1. The molecule has 2 N–H and O–H groups in total. The third-order valence-corrected chi connectivity index (χ3v) is 6.52. The number of hydrogen-bond acceptors (Lipinski definition) is 5. The second-order valence-electron chi connectivity index (χ2n) is 7.44. The first kappa shape index (κ1) is 21.3. The fraction of sp³-hybridized carbons (Fsp3) is 0.273. The molecule has 1 aliphatic rings. The van der Waals surface area contributed by atoms with Gasteiger partial charge in [-0.15, -0.1) is 10.2 Å². The molecule has 0 bridgehead atoms. The van der Waals surface area contributed by atoms with E-state index in [9.17, 15) is 9.59 Å². The van der Waals surface area contributed by atoms with E-state index in [2.05, 4.69) is 20.8 Å². The summed E-state index contributed by atoms with van der Waals surface area (Å²) in [6, 6.07) is 14.4. The van der Waals surface area contributed by atoms with E-state index in [-0.39, 0.29) is 17.9 Å². The maximum atomic E-state index is 12.7. The van der Waals surface area contributed by atoms with E-state index in [4.69, 9.17) is 11.6 Å². The Morgan fingerprint density at radius 3 is 2.65 bits per heavy atom. The number of nitrogens with zero attached hydrogens (tertiary/aromatic N) is 3. The van der Waals surface area contributed by atoms with E-state index in [1.165, 1.54) is 11.3 Å². The molecule has 160 valence electrons. The first-order valence-electron chi connectivity index (χ1n) is 10.0. The van der Waals surface area contributed by atoms with Gasteiger partial charge in [0.25, 0.3) is 5.91 Å². The van der Waals surface area contributed by atoms with Crippen molar-refractivity contribution in [3.05, 3.63) is 69.1 Å². The molecule has 2 aromatic carbocycles. The second-order valence-corrected chi connectivity index (χ2v) is 8.88. The van der Waals surface area contributed by atoms with Gasteiger partial charge in [0.2, 0.25) is 5.01 Å². The summed E-state index contributed by atoms with van der Waals surface area (Å²) in [5.74, 6) is -0.214.